The summed E-state index contributed by atoms with van der Waals surface area (Å²) >= 11 is 1.81. The van der Waals surface area contributed by atoms with E-state index in [-0.39, 0.29) is 0 Å². The Bertz CT molecular complexity index is 297. The number of hydrogen-bond acceptors (Lipinski definition) is 2. The SMILES string of the molecule is CCCNC(CCCCc1ccsc1)C(C)(C)C. The van der Waals surface area contributed by atoms with Gasteiger partial charge < -0.3 is 5.32 Å². The monoisotopic (exact) mass is 267 g/mol. The Labute approximate surface area is 117 Å². The average Bonchev–Trinajstić information content (AvgIpc) is 2.79. The molecule has 1 heterocycles. The van der Waals surface area contributed by atoms with Crippen LogP contribution < -0.4 is 5.32 Å². The van der Waals surface area contributed by atoms with Crippen LogP contribution in [0.4, 0.5) is 0 Å². The molecule has 0 aliphatic carbocycles. The molecule has 2 heteroatoms. The number of hydrogen-bond donors (Lipinski definition) is 1. The fourth-order valence-electron chi connectivity index (χ4n) is 2.27. The number of unbranched alkanes of at least 4 members (excludes halogenated alkanes) is 1. The molecule has 0 fully saturated rings. The lowest BCUT2D eigenvalue weighted by molar-refractivity contribution is 0.250. The van der Waals surface area contributed by atoms with Crippen LogP contribution in [0.1, 0.15) is 58.9 Å². The van der Waals surface area contributed by atoms with Gasteiger partial charge in [0, 0.05) is 6.04 Å². The smallest absolute Gasteiger partial charge is 0.0116 e. The normalized spacial score (nSPS) is 13.8. The van der Waals surface area contributed by atoms with E-state index < -0.39 is 0 Å². The van der Waals surface area contributed by atoms with E-state index in [4.69, 9.17) is 0 Å². The summed E-state index contributed by atoms with van der Waals surface area (Å²) in [6.45, 7) is 10.4. The maximum absolute atomic E-state index is 3.71. The van der Waals surface area contributed by atoms with Gasteiger partial charge in [0.2, 0.25) is 0 Å². The maximum atomic E-state index is 3.71. The molecule has 1 aromatic heterocycles. The summed E-state index contributed by atoms with van der Waals surface area (Å²) in [5.41, 5.74) is 1.88. The van der Waals surface area contributed by atoms with Crippen LogP contribution in [0.2, 0.25) is 0 Å². The van der Waals surface area contributed by atoms with Gasteiger partial charge in [0.05, 0.1) is 0 Å². The minimum Gasteiger partial charge on any atom is -0.313 e. The molecule has 0 aliphatic rings. The molecule has 104 valence electrons. The second-order valence-corrected chi connectivity index (χ2v) is 7.03. The van der Waals surface area contributed by atoms with Crippen LogP contribution in [0, 0.1) is 5.41 Å². The predicted molar refractivity (Wildman–Crippen MR) is 83.4 cm³/mol. The molecule has 0 amide bonds. The molecular weight excluding hydrogens is 238 g/mol. The molecule has 18 heavy (non-hydrogen) atoms. The largest absolute Gasteiger partial charge is 0.313 e. The van der Waals surface area contributed by atoms with E-state index in [2.05, 4.69) is 49.8 Å². The Hall–Kier alpha value is -0.340. The fraction of sp³-hybridized carbons (Fsp3) is 0.750. The topological polar surface area (TPSA) is 12.0 Å². The zero-order chi connectivity index (χ0) is 13.4. The van der Waals surface area contributed by atoms with Gasteiger partial charge in [-0.3, -0.25) is 0 Å². The molecule has 1 N–H and O–H groups in total. The number of aryl methyl sites for hydroxylation is 1. The van der Waals surface area contributed by atoms with E-state index in [9.17, 15) is 0 Å². The van der Waals surface area contributed by atoms with Crippen LogP contribution in [-0.2, 0) is 6.42 Å². The van der Waals surface area contributed by atoms with E-state index in [0.717, 1.165) is 6.54 Å². The van der Waals surface area contributed by atoms with Gasteiger partial charge in [-0.15, -0.1) is 0 Å². The Morgan fingerprint density at radius 2 is 2.06 bits per heavy atom. The lowest BCUT2D eigenvalue weighted by Gasteiger charge is -2.32. The number of rotatable bonds is 8. The third-order valence-corrected chi connectivity index (χ3v) is 4.21. The molecule has 1 unspecified atom stereocenters. The first-order valence-electron chi connectivity index (χ1n) is 7.28. The zero-order valence-electron chi connectivity index (χ0n) is 12.5. The molecule has 0 saturated carbocycles. The third kappa shape index (κ3) is 6.01. The van der Waals surface area contributed by atoms with Gasteiger partial charge in [-0.05, 0) is 60.0 Å². The van der Waals surface area contributed by atoms with E-state index in [0.29, 0.717) is 11.5 Å². The quantitative estimate of drug-likeness (QED) is 0.662. The first kappa shape index (κ1) is 15.7. The lowest BCUT2D eigenvalue weighted by atomic mass is 9.83. The molecule has 0 aliphatic heterocycles. The maximum Gasteiger partial charge on any atom is 0.0116 e. The van der Waals surface area contributed by atoms with Crippen LogP contribution in [0.15, 0.2) is 16.8 Å². The van der Waals surface area contributed by atoms with Crippen LogP contribution in [0.3, 0.4) is 0 Å². The highest BCUT2D eigenvalue weighted by Gasteiger charge is 2.22. The van der Waals surface area contributed by atoms with E-state index in [1.165, 1.54) is 37.7 Å². The molecule has 0 radical (unpaired) electrons. The molecule has 1 rings (SSSR count). The Morgan fingerprint density at radius 3 is 2.61 bits per heavy atom. The van der Waals surface area contributed by atoms with E-state index in [1.807, 2.05) is 0 Å². The lowest BCUT2D eigenvalue weighted by Crippen LogP contribution is -2.40. The van der Waals surface area contributed by atoms with Gasteiger partial charge >= 0.3 is 0 Å². The Kier molecular flexibility index (Phi) is 6.95. The van der Waals surface area contributed by atoms with Crippen molar-refractivity contribution in [3.05, 3.63) is 22.4 Å². The molecule has 1 atom stereocenters. The average molecular weight is 267 g/mol. The van der Waals surface area contributed by atoms with Crippen LogP contribution >= 0.6 is 11.3 Å². The van der Waals surface area contributed by atoms with Gasteiger partial charge in [0.25, 0.3) is 0 Å². The highest BCUT2D eigenvalue weighted by Crippen LogP contribution is 2.24. The van der Waals surface area contributed by atoms with Crippen molar-refractivity contribution in [3.63, 3.8) is 0 Å². The summed E-state index contributed by atoms with van der Waals surface area (Å²) in [5.74, 6) is 0. The second-order valence-electron chi connectivity index (χ2n) is 6.25. The van der Waals surface area contributed by atoms with Crippen molar-refractivity contribution in [2.75, 3.05) is 6.54 Å². The fourth-order valence-corrected chi connectivity index (χ4v) is 2.98. The summed E-state index contributed by atoms with van der Waals surface area (Å²) < 4.78 is 0. The van der Waals surface area contributed by atoms with E-state index in [1.54, 1.807) is 11.3 Å². The first-order valence-corrected chi connectivity index (χ1v) is 8.22. The molecule has 0 bridgehead atoms. The van der Waals surface area contributed by atoms with Gasteiger partial charge in [0.1, 0.15) is 0 Å². The standard InChI is InChI=1S/C16H29NS/c1-5-11-17-15(16(2,3)4)9-7-6-8-14-10-12-18-13-14/h10,12-13,15,17H,5-9,11H2,1-4H3. The summed E-state index contributed by atoms with van der Waals surface area (Å²) in [6.07, 6.45) is 6.41. The van der Waals surface area contributed by atoms with E-state index >= 15 is 0 Å². The minimum atomic E-state index is 0.373. The molecule has 0 aromatic carbocycles. The van der Waals surface area contributed by atoms with Crippen molar-refractivity contribution in [2.45, 2.75) is 65.8 Å². The van der Waals surface area contributed by atoms with Crippen LogP contribution in [-0.4, -0.2) is 12.6 Å². The molecule has 1 nitrogen and oxygen atoms in total. The van der Waals surface area contributed by atoms with Gasteiger partial charge in [0.15, 0.2) is 0 Å². The van der Waals surface area contributed by atoms with Crippen molar-refractivity contribution in [2.24, 2.45) is 5.41 Å². The van der Waals surface area contributed by atoms with Crippen molar-refractivity contribution < 1.29 is 0 Å². The van der Waals surface area contributed by atoms with Crippen molar-refractivity contribution >= 4 is 11.3 Å². The Morgan fingerprint density at radius 1 is 1.28 bits per heavy atom. The zero-order valence-corrected chi connectivity index (χ0v) is 13.3. The Balaban J connectivity index is 2.24. The molecule has 0 spiro atoms. The van der Waals surface area contributed by atoms with Gasteiger partial charge in [-0.25, -0.2) is 0 Å². The predicted octanol–water partition coefficient (Wildman–Crippen LogP) is 4.88. The van der Waals surface area contributed by atoms with Crippen LogP contribution in [0.5, 0.6) is 0 Å². The van der Waals surface area contributed by atoms with Gasteiger partial charge in [-0.1, -0.05) is 34.1 Å². The molecule has 1 aromatic rings. The minimum absolute atomic E-state index is 0.373. The highest BCUT2D eigenvalue weighted by molar-refractivity contribution is 7.07. The highest BCUT2D eigenvalue weighted by atomic mass is 32.1. The number of nitrogens with one attached hydrogen (secondary N) is 1. The van der Waals surface area contributed by atoms with Gasteiger partial charge in [-0.2, -0.15) is 11.3 Å². The van der Waals surface area contributed by atoms with Crippen LogP contribution in [0.25, 0.3) is 0 Å². The summed E-state index contributed by atoms with van der Waals surface area (Å²) in [7, 11) is 0. The second kappa shape index (κ2) is 7.96. The van der Waals surface area contributed by atoms with Crippen molar-refractivity contribution in [3.8, 4) is 0 Å². The van der Waals surface area contributed by atoms with Crippen molar-refractivity contribution in [1.29, 1.82) is 0 Å². The third-order valence-electron chi connectivity index (χ3n) is 3.47. The van der Waals surface area contributed by atoms with Crippen molar-refractivity contribution in [1.82, 2.24) is 5.32 Å². The molecule has 0 saturated heterocycles. The summed E-state index contributed by atoms with van der Waals surface area (Å²) in [5, 5.41) is 8.16. The first-order chi connectivity index (χ1) is 8.54. The number of thiophene rings is 1. The molecular formula is C16H29NS. The summed E-state index contributed by atoms with van der Waals surface area (Å²) in [6, 6.07) is 2.90. The summed E-state index contributed by atoms with van der Waals surface area (Å²) in [4.78, 5) is 0.